The van der Waals surface area contributed by atoms with Gasteiger partial charge in [-0.1, -0.05) is 13.8 Å². The molecule has 0 aliphatic rings. The first-order valence-corrected chi connectivity index (χ1v) is 4.24. The van der Waals surface area contributed by atoms with Gasteiger partial charge in [0.1, 0.15) is 6.07 Å². The van der Waals surface area contributed by atoms with Crippen molar-refractivity contribution in [3.05, 3.63) is 28.2 Å². The molecule has 0 saturated carbocycles. The predicted molar refractivity (Wildman–Crippen MR) is 48.0 cm³/mol. The third-order valence-electron chi connectivity index (χ3n) is 0.914. The fraction of sp³-hybridized carbons (Fsp3) is 0.250. The smallest absolute Gasteiger partial charge is 0.176 e. The maximum atomic E-state index is 12.5. The van der Waals surface area contributed by atoms with E-state index in [1.807, 2.05) is 13.8 Å². The Morgan fingerprint density at radius 2 is 2.17 bits per heavy atom. The summed E-state index contributed by atoms with van der Waals surface area (Å²) in [5.41, 5.74) is -0.178. The number of halogens is 2. The first-order chi connectivity index (χ1) is 5.74. The van der Waals surface area contributed by atoms with Gasteiger partial charge in [0.2, 0.25) is 0 Å². The van der Waals surface area contributed by atoms with E-state index in [4.69, 9.17) is 5.26 Å². The Bertz CT molecular complexity index is 294. The van der Waals surface area contributed by atoms with E-state index in [9.17, 15) is 4.39 Å². The third-order valence-corrected chi connectivity index (χ3v) is 1.35. The fourth-order valence-electron chi connectivity index (χ4n) is 0.497. The Kier molecular flexibility index (Phi) is 5.22. The Morgan fingerprint density at radius 3 is 2.58 bits per heavy atom. The number of nitrogens with zero attached hydrogens (tertiary/aromatic N) is 2. The molecule has 1 rings (SSSR count). The van der Waals surface area contributed by atoms with Gasteiger partial charge in [0.15, 0.2) is 11.5 Å². The van der Waals surface area contributed by atoms with Crippen LogP contribution in [0.5, 0.6) is 0 Å². The standard InChI is InChI=1S/C6H2BrFN2.C2H6/c7-4-1-5(8)6(2-9)10-3-4;1-2/h1,3H;1-2H3. The van der Waals surface area contributed by atoms with Crippen molar-refractivity contribution >= 4 is 15.9 Å². The van der Waals surface area contributed by atoms with Crippen LogP contribution in [0, 0.1) is 17.1 Å². The van der Waals surface area contributed by atoms with Crippen LogP contribution in [-0.4, -0.2) is 4.98 Å². The van der Waals surface area contributed by atoms with E-state index in [2.05, 4.69) is 20.9 Å². The SMILES string of the molecule is CC.N#Cc1ncc(Br)cc1F. The molecular weight excluding hydrogens is 223 g/mol. The van der Waals surface area contributed by atoms with Gasteiger partial charge in [-0.15, -0.1) is 0 Å². The zero-order valence-corrected chi connectivity index (χ0v) is 8.39. The van der Waals surface area contributed by atoms with E-state index in [-0.39, 0.29) is 5.69 Å². The van der Waals surface area contributed by atoms with Crippen LogP contribution in [0.4, 0.5) is 4.39 Å². The molecule has 1 aromatic rings. The summed E-state index contributed by atoms with van der Waals surface area (Å²) in [5.74, 6) is -0.600. The summed E-state index contributed by atoms with van der Waals surface area (Å²) in [6, 6.07) is 2.82. The lowest BCUT2D eigenvalue weighted by atomic mass is 10.4. The van der Waals surface area contributed by atoms with Gasteiger partial charge < -0.3 is 0 Å². The predicted octanol–water partition coefficient (Wildman–Crippen LogP) is 2.88. The van der Waals surface area contributed by atoms with Crippen molar-refractivity contribution < 1.29 is 4.39 Å². The van der Waals surface area contributed by atoms with Gasteiger partial charge in [-0.2, -0.15) is 5.26 Å². The zero-order chi connectivity index (χ0) is 9.56. The lowest BCUT2D eigenvalue weighted by Gasteiger charge is -1.90. The van der Waals surface area contributed by atoms with Crippen molar-refractivity contribution in [3.8, 4) is 6.07 Å². The molecule has 0 bridgehead atoms. The second kappa shape index (κ2) is 5.67. The van der Waals surface area contributed by atoms with Crippen LogP contribution in [0.3, 0.4) is 0 Å². The molecule has 0 saturated heterocycles. The van der Waals surface area contributed by atoms with Crippen LogP contribution >= 0.6 is 15.9 Å². The number of aromatic nitrogens is 1. The molecule has 0 unspecified atom stereocenters. The monoisotopic (exact) mass is 230 g/mol. The first kappa shape index (κ1) is 11.1. The van der Waals surface area contributed by atoms with Crippen LogP contribution < -0.4 is 0 Å². The molecule has 1 aromatic heterocycles. The topological polar surface area (TPSA) is 36.7 Å². The lowest BCUT2D eigenvalue weighted by molar-refractivity contribution is 0.615. The number of hydrogen-bond acceptors (Lipinski definition) is 2. The summed E-state index contributed by atoms with van der Waals surface area (Å²) in [5, 5.41) is 8.24. The molecule has 2 nitrogen and oxygen atoms in total. The molecule has 4 heteroatoms. The van der Waals surface area contributed by atoms with Gasteiger partial charge in [-0.05, 0) is 22.0 Å². The van der Waals surface area contributed by atoms with Crippen LogP contribution in [0.2, 0.25) is 0 Å². The van der Waals surface area contributed by atoms with Crippen molar-refractivity contribution in [1.82, 2.24) is 4.98 Å². The van der Waals surface area contributed by atoms with E-state index < -0.39 is 5.82 Å². The highest BCUT2D eigenvalue weighted by molar-refractivity contribution is 9.10. The van der Waals surface area contributed by atoms with Gasteiger partial charge in [0, 0.05) is 10.7 Å². The van der Waals surface area contributed by atoms with E-state index in [0.717, 1.165) is 0 Å². The minimum absolute atomic E-state index is 0.178. The van der Waals surface area contributed by atoms with Crippen molar-refractivity contribution in [2.45, 2.75) is 13.8 Å². The molecule has 0 aliphatic heterocycles. The Balaban J connectivity index is 0.000000561. The summed E-state index contributed by atoms with van der Waals surface area (Å²) < 4.78 is 13.1. The molecule has 0 fully saturated rings. The molecule has 0 aliphatic carbocycles. The van der Waals surface area contributed by atoms with Crippen molar-refractivity contribution in [3.63, 3.8) is 0 Å². The number of pyridine rings is 1. The van der Waals surface area contributed by atoms with Gasteiger partial charge in [-0.3, -0.25) is 0 Å². The van der Waals surface area contributed by atoms with Crippen molar-refractivity contribution in [2.24, 2.45) is 0 Å². The average Bonchev–Trinajstić information content (AvgIpc) is 2.08. The molecule has 0 N–H and O–H groups in total. The van der Waals surface area contributed by atoms with Gasteiger partial charge in [-0.25, -0.2) is 9.37 Å². The summed E-state index contributed by atoms with van der Waals surface area (Å²) >= 11 is 3.01. The number of hydrogen-bond donors (Lipinski definition) is 0. The highest BCUT2D eigenvalue weighted by Gasteiger charge is 2.00. The molecule has 0 radical (unpaired) electrons. The highest BCUT2D eigenvalue weighted by Crippen LogP contribution is 2.10. The molecule has 12 heavy (non-hydrogen) atoms. The van der Waals surface area contributed by atoms with Crippen molar-refractivity contribution in [2.75, 3.05) is 0 Å². The Labute approximate surface area is 79.2 Å². The average molecular weight is 231 g/mol. The minimum atomic E-state index is -0.600. The normalized spacial score (nSPS) is 7.92. The largest absolute Gasteiger partial charge is 0.241 e. The first-order valence-electron chi connectivity index (χ1n) is 3.45. The third kappa shape index (κ3) is 2.97. The minimum Gasteiger partial charge on any atom is -0.241 e. The fourth-order valence-corrected chi connectivity index (χ4v) is 0.800. The van der Waals surface area contributed by atoms with E-state index >= 15 is 0 Å². The second-order valence-electron chi connectivity index (χ2n) is 1.60. The van der Waals surface area contributed by atoms with Crippen LogP contribution in [0.1, 0.15) is 19.5 Å². The van der Waals surface area contributed by atoms with E-state index in [0.29, 0.717) is 4.47 Å². The molecule has 64 valence electrons. The highest BCUT2D eigenvalue weighted by atomic mass is 79.9. The molecule has 1 heterocycles. The van der Waals surface area contributed by atoms with Crippen LogP contribution in [-0.2, 0) is 0 Å². The Hall–Kier alpha value is -0.950. The zero-order valence-electron chi connectivity index (χ0n) is 6.81. The van der Waals surface area contributed by atoms with Gasteiger partial charge in [0.25, 0.3) is 0 Å². The molecule has 0 aromatic carbocycles. The molecule has 0 spiro atoms. The second-order valence-corrected chi connectivity index (χ2v) is 2.51. The maximum Gasteiger partial charge on any atom is 0.176 e. The summed E-state index contributed by atoms with van der Waals surface area (Å²) in [6.45, 7) is 4.00. The van der Waals surface area contributed by atoms with E-state index in [1.165, 1.54) is 12.3 Å². The van der Waals surface area contributed by atoms with E-state index in [1.54, 1.807) is 6.07 Å². The summed E-state index contributed by atoms with van der Waals surface area (Å²) in [6.07, 6.45) is 1.38. The van der Waals surface area contributed by atoms with Gasteiger partial charge in [0.05, 0.1) is 0 Å². The van der Waals surface area contributed by atoms with Gasteiger partial charge >= 0.3 is 0 Å². The number of nitriles is 1. The Morgan fingerprint density at radius 1 is 1.58 bits per heavy atom. The summed E-state index contributed by atoms with van der Waals surface area (Å²) in [4.78, 5) is 3.51. The number of rotatable bonds is 0. The summed E-state index contributed by atoms with van der Waals surface area (Å²) in [7, 11) is 0. The maximum absolute atomic E-state index is 12.5. The molecular formula is C8H8BrFN2. The van der Waals surface area contributed by atoms with Crippen molar-refractivity contribution in [1.29, 1.82) is 5.26 Å². The quantitative estimate of drug-likeness (QED) is 0.688. The molecule has 0 amide bonds. The molecule has 0 atom stereocenters. The van der Waals surface area contributed by atoms with Crippen LogP contribution in [0.15, 0.2) is 16.7 Å². The van der Waals surface area contributed by atoms with Crippen LogP contribution in [0.25, 0.3) is 0 Å². The lowest BCUT2D eigenvalue weighted by Crippen LogP contribution is -1.87.